The van der Waals surface area contributed by atoms with Crippen molar-refractivity contribution < 1.29 is 4.74 Å². The van der Waals surface area contributed by atoms with Crippen LogP contribution >= 0.6 is 0 Å². The summed E-state index contributed by atoms with van der Waals surface area (Å²) in [5.41, 5.74) is 4.01. The van der Waals surface area contributed by atoms with Gasteiger partial charge in [0.1, 0.15) is 11.0 Å². The van der Waals surface area contributed by atoms with Crippen molar-refractivity contribution in [1.29, 1.82) is 0 Å². The Balaban J connectivity index is 1.41. The molecule has 1 saturated heterocycles. The molecule has 1 aliphatic heterocycles. The van der Waals surface area contributed by atoms with Gasteiger partial charge in [-0.3, -0.25) is 4.98 Å². The van der Waals surface area contributed by atoms with Gasteiger partial charge in [-0.25, -0.2) is 14.5 Å². The molecular formula is C23H29N9O. The van der Waals surface area contributed by atoms with Crippen molar-refractivity contribution in [2.75, 3.05) is 51.0 Å². The molecule has 4 aromatic rings. The Labute approximate surface area is 192 Å². The average Bonchev–Trinajstić information content (AvgIpc) is 3.27. The number of rotatable bonds is 7. The first kappa shape index (κ1) is 21.5. The summed E-state index contributed by atoms with van der Waals surface area (Å²) in [5, 5.41) is 11.6. The highest BCUT2D eigenvalue weighted by Gasteiger charge is 2.27. The van der Waals surface area contributed by atoms with E-state index in [4.69, 9.17) is 19.8 Å². The van der Waals surface area contributed by atoms with E-state index in [0.29, 0.717) is 23.6 Å². The number of hydrogen-bond donors (Lipinski definition) is 2. The second-order valence-corrected chi connectivity index (χ2v) is 8.46. The van der Waals surface area contributed by atoms with Gasteiger partial charge in [0.25, 0.3) is 0 Å². The van der Waals surface area contributed by atoms with Crippen LogP contribution < -0.4 is 10.6 Å². The number of ether oxygens (including phenoxy) is 1. The molecule has 10 nitrogen and oxygen atoms in total. The summed E-state index contributed by atoms with van der Waals surface area (Å²) in [5.74, 6) is 1.85. The van der Waals surface area contributed by atoms with E-state index in [-0.39, 0.29) is 0 Å². The molecule has 1 fully saturated rings. The van der Waals surface area contributed by atoms with Gasteiger partial charge in [0, 0.05) is 64.0 Å². The second-order valence-electron chi connectivity index (χ2n) is 8.46. The molecule has 0 spiro atoms. The van der Waals surface area contributed by atoms with E-state index in [2.05, 4.69) is 32.4 Å². The molecule has 0 bridgehead atoms. The number of piperidine rings is 1. The minimum Gasteiger partial charge on any atom is -0.383 e. The minimum atomic E-state index is 0.321. The van der Waals surface area contributed by atoms with Crippen molar-refractivity contribution >= 4 is 28.4 Å². The topological polar surface area (TPSA) is 105 Å². The number of fused-ring (bicyclic) bond motifs is 2. The fraction of sp³-hybridized carbons (Fsp3) is 0.435. The highest BCUT2D eigenvalue weighted by atomic mass is 16.5. The van der Waals surface area contributed by atoms with Gasteiger partial charge in [-0.1, -0.05) is 6.92 Å². The standard InChI is InChI=1S/C23H29N9O/c1-15-14-31(12-13-33-3)10-7-17(15)28-23-29-22(24-2)20-16(6-11-32(20)30-23)18-4-5-19-21(27-18)26-9-8-25-19/h4-6,8-9,11,15,17H,7,10,12-14H2,1-3H3,(H2,24,28,29,30)/t15-,17?/m0/s1. The summed E-state index contributed by atoms with van der Waals surface area (Å²) in [7, 11) is 3.63. The van der Waals surface area contributed by atoms with Crippen LogP contribution in [-0.4, -0.2) is 80.9 Å². The van der Waals surface area contributed by atoms with Crippen LogP contribution in [0.4, 0.5) is 11.8 Å². The summed E-state index contributed by atoms with van der Waals surface area (Å²) >= 11 is 0. The Bertz CT molecular complexity index is 1260. The number of hydrogen-bond acceptors (Lipinski definition) is 9. The molecule has 0 radical (unpaired) electrons. The van der Waals surface area contributed by atoms with Gasteiger partial charge in [-0.05, 0) is 30.5 Å². The third kappa shape index (κ3) is 4.31. The van der Waals surface area contributed by atoms with Crippen molar-refractivity contribution in [1.82, 2.24) is 34.4 Å². The normalized spacial score (nSPS) is 19.2. The SMILES string of the molecule is CNc1nc(NC2CCN(CCOC)C[C@@H]2C)nn2ccc(-c3ccc4nccnc4n3)c12. The molecule has 0 saturated carbocycles. The molecule has 0 aromatic carbocycles. The van der Waals surface area contributed by atoms with Crippen LogP contribution in [0, 0.1) is 5.92 Å². The van der Waals surface area contributed by atoms with E-state index in [9.17, 15) is 0 Å². The van der Waals surface area contributed by atoms with Crippen LogP contribution in [0.25, 0.3) is 27.9 Å². The van der Waals surface area contributed by atoms with Crippen LogP contribution in [0.3, 0.4) is 0 Å². The minimum absolute atomic E-state index is 0.321. The molecule has 172 valence electrons. The lowest BCUT2D eigenvalue weighted by atomic mass is 9.94. The summed E-state index contributed by atoms with van der Waals surface area (Å²) in [4.78, 5) is 20.6. The Kier molecular flexibility index (Phi) is 6.01. The van der Waals surface area contributed by atoms with E-state index in [0.717, 1.165) is 60.8 Å². The molecule has 0 amide bonds. The zero-order chi connectivity index (χ0) is 22.8. The van der Waals surface area contributed by atoms with Crippen molar-refractivity contribution in [2.45, 2.75) is 19.4 Å². The Morgan fingerprint density at radius 2 is 2.03 bits per heavy atom. The van der Waals surface area contributed by atoms with Crippen LogP contribution in [0.1, 0.15) is 13.3 Å². The average molecular weight is 448 g/mol. The maximum atomic E-state index is 5.23. The van der Waals surface area contributed by atoms with Gasteiger partial charge < -0.3 is 20.3 Å². The van der Waals surface area contributed by atoms with Gasteiger partial charge in [-0.15, -0.1) is 5.10 Å². The first-order valence-electron chi connectivity index (χ1n) is 11.3. The predicted octanol–water partition coefficient (Wildman–Crippen LogP) is 2.54. The number of nitrogens with zero attached hydrogens (tertiary/aromatic N) is 7. The van der Waals surface area contributed by atoms with Crippen LogP contribution in [0.2, 0.25) is 0 Å². The summed E-state index contributed by atoms with van der Waals surface area (Å²) in [6.07, 6.45) is 6.31. The molecule has 33 heavy (non-hydrogen) atoms. The number of aromatic nitrogens is 6. The summed E-state index contributed by atoms with van der Waals surface area (Å²) in [6, 6.07) is 6.22. The van der Waals surface area contributed by atoms with Crippen LogP contribution in [0.5, 0.6) is 0 Å². The summed E-state index contributed by atoms with van der Waals surface area (Å²) in [6.45, 7) is 6.09. The maximum absolute atomic E-state index is 5.23. The van der Waals surface area contributed by atoms with Crippen molar-refractivity contribution in [2.24, 2.45) is 5.92 Å². The fourth-order valence-corrected chi connectivity index (χ4v) is 4.51. The number of methoxy groups -OCH3 is 1. The summed E-state index contributed by atoms with van der Waals surface area (Å²) < 4.78 is 7.08. The van der Waals surface area contributed by atoms with E-state index in [1.807, 2.05) is 36.0 Å². The van der Waals surface area contributed by atoms with Gasteiger partial charge in [0.15, 0.2) is 11.5 Å². The third-order valence-corrected chi connectivity index (χ3v) is 6.27. The molecule has 10 heteroatoms. The molecule has 1 aliphatic rings. The Hall–Kier alpha value is -3.37. The monoisotopic (exact) mass is 447 g/mol. The number of likely N-dealkylation sites (tertiary alicyclic amines) is 1. The van der Waals surface area contributed by atoms with E-state index in [1.165, 1.54) is 0 Å². The quantitative estimate of drug-likeness (QED) is 0.442. The van der Waals surface area contributed by atoms with Crippen LogP contribution in [0.15, 0.2) is 36.8 Å². The zero-order valence-electron chi connectivity index (χ0n) is 19.2. The molecule has 0 aliphatic carbocycles. The highest BCUT2D eigenvalue weighted by molar-refractivity contribution is 5.89. The third-order valence-electron chi connectivity index (χ3n) is 6.27. The van der Waals surface area contributed by atoms with Gasteiger partial charge in [-0.2, -0.15) is 4.98 Å². The molecule has 2 atom stereocenters. The zero-order valence-corrected chi connectivity index (χ0v) is 19.2. The highest BCUT2D eigenvalue weighted by Crippen LogP contribution is 2.30. The molecule has 2 N–H and O–H groups in total. The second kappa shape index (κ2) is 9.24. The van der Waals surface area contributed by atoms with E-state index in [1.54, 1.807) is 19.5 Å². The maximum Gasteiger partial charge on any atom is 0.243 e. The van der Waals surface area contributed by atoms with Crippen LogP contribution in [-0.2, 0) is 4.74 Å². The molecule has 5 heterocycles. The van der Waals surface area contributed by atoms with Gasteiger partial charge in [0.05, 0.1) is 12.3 Å². The molecule has 5 rings (SSSR count). The molecular weight excluding hydrogens is 418 g/mol. The van der Waals surface area contributed by atoms with E-state index >= 15 is 0 Å². The Morgan fingerprint density at radius 3 is 2.85 bits per heavy atom. The number of anilines is 2. The van der Waals surface area contributed by atoms with Crippen molar-refractivity contribution in [3.63, 3.8) is 0 Å². The predicted molar refractivity (Wildman–Crippen MR) is 128 cm³/mol. The molecule has 4 aromatic heterocycles. The first-order valence-corrected chi connectivity index (χ1v) is 11.3. The number of nitrogens with one attached hydrogen (secondary N) is 2. The van der Waals surface area contributed by atoms with Gasteiger partial charge in [0.2, 0.25) is 5.95 Å². The lowest BCUT2D eigenvalue weighted by Gasteiger charge is -2.37. The Morgan fingerprint density at radius 1 is 1.15 bits per heavy atom. The lowest BCUT2D eigenvalue weighted by Crippen LogP contribution is -2.46. The fourth-order valence-electron chi connectivity index (χ4n) is 4.51. The van der Waals surface area contributed by atoms with Crippen molar-refractivity contribution in [3.05, 3.63) is 36.8 Å². The lowest BCUT2D eigenvalue weighted by molar-refractivity contribution is 0.113. The first-order chi connectivity index (χ1) is 16.2. The van der Waals surface area contributed by atoms with E-state index < -0.39 is 0 Å². The largest absolute Gasteiger partial charge is 0.383 e. The van der Waals surface area contributed by atoms with Gasteiger partial charge >= 0.3 is 0 Å². The number of pyridine rings is 1. The van der Waals surface area contributed by atoms with Crippen molar-refractivity contribution in [3.8, 4) is 11.3 Å². The smallest absolute Gasteiger partial charge is 0.243 e. The molecule has 1 unspecified atom stereocenters.